The summed E-state index contributed by atoms with van der Waals surface area (Å²) in [5.74, 6) is 4.17. The van der Waals surface area contributed by atoms with Crippen LogP contribution < -0.4 is 5.73 Å². The lowest BCUT2D eigenvalue weighted by Gasteiger charge is -2.01. The second kappa shape index (κ2) is 5.17. The average molecular weight is 221 g/mol. The van der Waals surface area contributed by atoms with E-state index in [1.54, 1.807) is 13.0 Å². The zero-order valence-electron chi connectivity index (χ0n) is 9.13. The van der Waals surface area contributed by atoms with E-state index in [1.807, 2.05) is 0 Å². The Kier molecular flexibility index (Phi) is 3.90. The molecule has 84 valence electrons. The van der Waals surface area contributed by atoms with Crippen molar-refractivity contribution >= 4 is 11.7 Å². The molecule has 4 heteroatoms. The predicted molar refractivity (Wildman–Crippen MR) is 59.1 cm³/mol. The number of aryl methyl sites for hydroxylation is 1. The van der Waals surface area contributed by atoms with E-state index in [9.17, 15) is 9.18 Å². The van der Waals surface area contributed by atoms with Crippen LogP contribution in [0.4, 0.5) is 10.1 Å². The monoisotopic (exact) mass is 221 g/mol. The number of carbonyl (C=O) groups is 1. The number of methoxy groups -OCH3 is 1. The molecule has 0 saturated heterocycles. The van der Waals surface area contributed by atoms with Gasteiger partial charge in [-0.15, -0.1) is 0 Å². The zero-order chi connectivity index (χ0) is 12.1. The van der Waals surface area contributed by atoms with E-state index in [0.717, 1.165) is 5.56 Å². The summed E-state index contributed by atoms with van der Waals surface area (Å²) in [5, 5.41) is 0. The van der Waals surface area contributed by atoms with Crippen molar-refractivity contribution in [1.82, 2.24) is 0 Å². The van der Waals surface area contributed by atoms with Crippen molar-refractivity contribution < 1.29 is 13.9 Å². The maximum atomic E-state index is 13.3. The van der Waals surface area contributed by atoms with Crippen LogP contribution in [0.15, 0.2) is 12.1 Å². The third-order valence-electron chi connectivity index (χ3n) is 2.04. The SMILES string of the molecule is COC(=O)CC#Cc1cc(C)c(N)cc1F. The van der Waals surface area contributed by atoms with Gasteiger partial charge in [0.05, 0.1) is 12.7 Å². The molecule has 0 spiro atoms. The number of nitrogen functional groups attached to an aromatic ring is 1. The fourth-order valence-electron chi connectivity index (χ4n) is 1.08. The van der Waals surface area contributed by atoms with Crippen LogP contribution in [-0.4, -0.2) is 13.1 Å². The number of benzene rings is 1. The van der Waals surface area contributed by atoms with Gasteiger partial charge in [0.25, 0.3) is 0 Å². The van der Waals surface area contributed by atoms with Gasteiger partial charge in [-0.2, -0.15) is 0 Å². The van der Waals surface area contributed by atoms with Gasteiger partial charge in [-0.05, 0) is 24.6 Å². The highest BCUT2D eigenvalue weighted by atomic mass is 19.1. The molecule has 1 rings (SSSR count). The summed E-state index contributed by atoms with van der Waals surface area (Å²) in [6, 6.07) is 2.77. The molecule has 0 aliphatic rings. The number of esters is 1. The normalized spacial score (nSPS) is 9.19. The molecule has 0 heterocycles. The first kappa shape index (κ1) is 12.1. The number of anilines is 1. The number of halogens is 1. The third kappa shape index (κ3) is 2.99. The van der Waals surface area contributed by atoms with Crippen molar-refractivity contribution in [2.45, 2.75) is 13.3 Å². The molecule has 0 fully saturated rings. The summed E-state index contributed by atoms with van der Waals surface area (Å²) in [6.45, 7) is 1.76. The highest BCUT2D eigenvalue weighted by Crippen LogP contribution is 2.16. The van der Waals surface area contributed by atoms with Crippen molar-refractivity contribution in [2.24, 2.45) is 0 Å². The molecule has 0 aliphatic carbocycles. The number of hydrogen-bond donors (Lipinski definition) is 1. The Balaban J connectivity index is 2.89. The van der Waals surface area contributed by atoms with Crippen LogP contribution in [-0.2, 0) is 9.53 Å². The molecule has 0 amide bonds. The highest BCUT2D eigenvalue weighted by Gasteiger charge is 2.03. The Hall–Kier alpha value is -2.02. The molecule has 0 bridgehead atoms. The van der Waals surface area contributed by atoms with Crippen molar-refractivity contribution in [3.05, 3.63) is 29.1 Å². The molecular formula is C12H12FNO2. The Morgan fingerprint density at radius 1 is 1.56 bits per heavy atom. The van der Waals surface area contributed by atoms with E-state index in [1.165, 1.54) is 13.2 Å². The van der Waals surface area contributed by atoms with Gasteiger partial charge in [-0.3, -0.25) is 4.79 Å². The number of ether oxygens (including phenoxy) is 1. The molecule has 0 unspecified atom stereocenters. The van der Waals surface area contributed by atoms with E-state index in [4.69, 9.17) is 5.73 Å². The van der Waals surface area contributed by atoms with Gasteiger partial charge >= 0.3 is 5.97 Å². The minimum atomic E-state index is -0.486. The first-order valence-corrected chi connectivity index (χ1v) is 4.66. The summed E-state index contributed by atoms with van der Waals surface area (Å²) in [6.07, 6.45) is -0.0562. The summed E-state index contributed by atoms with van der Waals surface area (Å²) < 4.78 is 17.7. The van der Waals surface area contributed by atoms with Gasteiger partial charge in [0.1, 0.15) is 12.2 Å². The van der Waals surface area contributed by atoms with Crippen molar-refractivity contribution in [3.63, 3.8) is 0 Å². The zero-order valence-corrected chi connectivity index (χ0v) is 9.13. The smallest absolute Gasteiger partial charge is 0.317 e. The van der Waals surface area contributed by atoms with Crippen LogP contribution in [0.5, 0.6) is 0 Å². The van der Waals surface area contributed by atoms with Gasteiger partial charge in [0.2, 0.25) is 0 Å². The first-order valence-electron chi connectivity index (χ1n) is 4.66. The molecule has 0 atom stereocenters. The molecule has 0 saturated carbocycles. The average Bonchev–Trinajstić information content (AvgIpc) is 2.25. The quantitative estimate of drug-likeness (QED) is 0.445. The molecule has 1 aromatic rings. The second-order valence-electron chi connectivity index (χ2n) is 3.24. The molecule has 0 aliphatic heterocycles. The third-order valence-corrected chi connectivity index (χ3v) is 2.04. The van der Waals surface area contributed by atoms with E-state index in [0.29, 0.717) is 5.69 Å². The molecule has 2 N–H and O–H groups in total. The van der Waals surface area contributed by atoms with E-state index in [-0.39, 0.29) is 12.0 Å². The summed E-state index contributed by atoms with van der Waals surface area (Å²) in [7, 11) is 1.28. The van der Waals surface area contributed by atoms with E-state index >= 15 is 0 Å². The Bertz CT molecular complexity index is 472. The molecule has 0 radical (unpaired) electrons. The van der Waals surface area contributed by atoms with Gasteiger partial charge < -0.3 is 10.5 Å². The first-order chi connectivity index (χ1) is 7.54. The molecule has 3 nitrogen and oxygen atoms in total. The predicted octanol–water partition coefficient (Wildman–Crippen LogP) is 1.63. The van der Waals surface area contributed by atoms with E-state index in [2.05, 4.69) is 16.6 Å². The van der Waals surface area contributed by atoms with E-state index < -0.39 is 11.8 Å². The minimum Gasteiger partial charge on any atom is -0.468 e. The molecule has 0 aromatic heterocycles. The lowest BCUT2D eigenvalue weighted by Crippen LogP contribution is -1.97. The second-order valence-corrected chi connectivity index (χ2v) is 3.24. The largest absolute Gasteiger partial charge is 0.468 e. The maximum absolute atomic E-state index is 13.3. The Morgan fingerprint density at radius 2 is 2.25 bits per heavy atom. The minimum absolute atomic E-state index is 0.0562. The summed E-state index contributed by atoms with van der Waals surface area (Å²) in [4.78, 5) is 10.8. The van der Waals surface area contributed by atoms with Crippen LogP contribution in [0.2, 0.25) is 0 Å². The van der Waals surface area contributed by atoms with Crippen molar-refractivity contribution in [1.29, 1.82) is 0 Å². The fourth-order valence-corrected chi connectivity index (χ4v) is 1.08. The summed E-state index contributed by atoms with van der Waals surface area (Å²) >= 11 is 0. The van der Waals surface area contributed by atoms with Crippen LogP contribution in [0.3, 0.4) is 0 Å². The van der Waals surface area contributed by atoms with Gasteiger partial charge in [-0.1, -0.05) is 11.8 Å². The maximum Gasteiger partial charge on any atom is 0.317 e. The molecule has 16 heavy (non-hydrogen) atoms. The fraction of sp³-hybridized carbons (Fsp3) is 0.250. The van der Waals surface area contributed by atoms with Crippen molar-refractivity contribution in [3.8, 4) is 11.8 Å². The van der Waals surface area contributed by atoms with Crippen LogP contribution in [0.1, 0.15) is 17.5 Å². The highest BCUT2D eigenvalue weighted by molar-refractivity contribution is 5.72. The van der Waals surface area contributed by atoms with Gasteiger partial charge in [-0.25, -0.2) is 4.39 Å². The van der Waals surface area contributed by atoms with Crippen LogP contribution in [0.25, 0.3) is 0 Å². The van der Waals surface area contributed by atoms with Crippen molar-refractivity contribution in [2.75, 3.05) is 12.8 Å². The number of nitrogens with two attached hydrogens (primary N) is 1. The topological polar surface area (TPSA) is 52.3 Å². The lowest BCUT2D eigenvalue weighted by atomic mass is 10.1. The standard InChI is InChI=1S/C12H12FNO2/c1-8-6-9(10(13)7-11(8)14)4-3-5-12(15)16-2/h6-7H,5,14H2,1-2H3. The Labute approximate surface area is 93.4 Å². The van der Waals surface area contributed by atoms with Gasteiger partial charge in [0, 0.05) is 5.69 Å². The molecular weight excluding hydrogens is 209 g/mol. The Morgan fingerprint density at radius 3 is 2.88 bits per heavy atom. The van der Waals surface area contributed by atoms with Crippen LogP contribution in [0, 0.1) is 24.6 Å². The van der Waals surface area contributed by atoms with Gasteiger partial charge in [0.15, 0.2) is 0 Å². The summed E-state index contributed by atoms with van der Waals surface area (Å²) in [5.41, 5.74) is 6.90. The number of carbonyl (C=O) groups excluding carboxylic acids is 1. The van der Waals surface area contributed by atoms with Crippen LogP contribution >= 0.6 is 0 Å². The number of rotatable bonds is 1. The molecule has 1 aromatic carbocycles. The number of hydrogen-bond acceptors (Lipinski definition) is 3. The lowest BCUT2D eigenvalue weighted by molar-refractivity contribution is -0.139.